The number of likely N-dealkylation sites (tertiary alicyclic amines) is 1. The monoisotopic (exact) mass is 541 g/mol. The molecule has 4 rings (SSSR count). The van der Waals surface area contributed by atoms with Crippen molar-refractivity contribution in [2.45, 2.75) is 59.5 Å². The molecule has 0 radical (unpaired) electrons. The van der Waals surface area contributed by atoms with E-state index < -0.39 is 17.7 Å². The molecule has 210 valence electrons. The van der Waals surface area contributed by atoms with Gasteiger partial charge in [0.25, 0.3) is 11.7 Å². The number of hydrogen-bond acceptors (Lipinski definition) is 6. The van der Waals surface area contributed by atoms with Crippen LogP contribution in [0.15, 0.2) is 72.6 Å². The molecule has 7 heteroatoms. The van der Waals surface area contributed by atoms with Crippen LogP contribution in [0.25, 0.3) is 5.76 Å². The molecule has 1 aromatic heterocycles. The zero-order chi connectivity index (χ0) is 29.0. The number of benzene rings is 2. The summed E-state index contributed by atoms with van der Waals surface area (Å²) in [5.74, 6) is -0.802. The average molecular weight is 542 g/mol. The smallest absolute Gasteiger partial charge is 0.295 e. The van der Waals surface area contributed by atoms with E-state index in [2.05, 4.69) is 44.5 Å². The molecule has 1 fully saturated rings. The van der Waals surface area contributed by atoms with E-state index in [9.17, 15) is 14.7 Å². The Labute approximate surface area is 237 Å². The van der Waals surface area contributed by atoms with Crippen molar-refractivity contribution >= 4 is 23.1 Å². The summed E-state index contributed by atoms with van der Waals surface area (Å²) in [5, 5.41) is 11.7. The zero-order valence-corrected chi connectivity index (χ0v) is 24.3. The Morgan fingerprint density at radius 1 is 0.975 bits per heavy atom. The fraction of sp³-hybridized carbons (Fsp3) is 0.364. The van der Waals surface area contributed by atoms with E-state index in [4.69, 9.17) is 4.74 Å². The lowest BCUT2D eigenvalue weighted by Gasteiger charge is -2.27. The van der Waals surface area contributed by atoms with E-state index in [-0.39, 0.29) is 23.3 Å². The van der Waals surface area contributed by atoms with Crippen LogP contribution >= 0.6 is 0 Å². The van der Waals surface area contributed by atoms with Gasteiger partial charge in [-0.05, 0) is 79.8 Å². The number of ether oxygens (including phenoxy) is 1. The number of aliphatic hydroxyl groups excluding tert-OH is 1. The highest BCUT2D eigenvalue weighted by atomic mass is 16.5. The quantitative estimate of drug-likeness (QED) is 0.196. The van der Waals surface area contributed by atoms with Gasteiger partial charge in [0.2, 0.25) is 0 Å². The van der Waals surface area contributed by atoms with E-state index in [0.717, 1.165) is 41.2 Å². The predicted octanol–water partition coefficient (Wildman–Crippen LogP) is 6.25. The molecule has 1 N–H and O–H groups in total. The average Bonchev–Trinajstić information content (AvgIpc) is 3.19. The molecule has 0 aliphatic carbocycles. The third-order valence-electron chi connectivity index (χ3n) is 7.34. The Balaban J connectivity index is 1.87. The van der Waals surface area contributed by atoms with E-state index in [1.54, 1.807) is 18.5 Å². The van der Waals surface area contributed by atoms with Gasteiger partial charge in [0.15, 0.2) is 0 Å². The lowest BCUT2D eigenvalue weighted by atomic mass is 9.84. The van der Waals surface area contributed by atoms with Crippen LogP contribution < -0.4 is 9.64 Å². The fourth-order valence-electron chi connectivity index (χ4n) is 5.23. The molecule has 1 saturated heterocycles. The van der Waals surface area contributed by atoms with Crippen LogP contribution in [0.3, 0.4) is 0 Å². The van der Waals surface area contributed by atoms with Crippen molar-refractivity contribution in [1.82, 2.24) is 9.88 Å². The molecular formula is C33H39N3O4. The molecule has 1 unspecified atom stereocenters. The third-order valence-corrected chi connectivity index (χ3v) is 7.34. The summed E-state index contributed by atoms with van der Waals surface area (Å²) in [5.41, 5.74) is 3.85. The minimum Gasteiger partial charge on any atom is -0.507 e. The SMILES string of the molecule is CCOc1ccc(/C(O)=C2/C(=O)C(=O)N(Cc3ccncc3)C2c2ccc(N(CC)CC)cc2)cc1C(C)(C)C. The van der Waals surface area contributed by atoms with Crippen molar-refractivity contribution in [3.8, 4) is 5.75 Å². The van der Waals surface area contributed by atoms with Gasteiger partial charge in [-0.3, -0.25) is 14.6 Å². The minimum absolute atomic E-state index is 0.0821. The van der Waals surface area contributed by atoms with Crippen LogP contribution in [0.5, 0.6) is 5.75 Å². The molecule has 7 nitrogen and oxygen atoms in total. The summed E-state index contributed by atoms with van der Waals surface area (Å²) in [6.07, 6.45) is 3.32. The summed E-state index contributed by atoms with van der Waals surface area (Å²) >= 11 is 0. The summed E-state index contributed by atoms with van der Waals surface area (Å²) in [6, 6.07) is 16.2. The van der Waals surface area contributed by atoms with Crippen molar-refractivity contribution in [1.29, 1.82) is 0 Å². The Kier molecular flexibility index (Phi) is 8.62. The number of aliphatic hydroxyl groups is 1. The molecule has 3 aromatic rings. The van der Waals surface area contributed by atoms with Gasteiger partial charge in [0.1, 0.15) is 11.5 Å². The highest BCUT2D eigenvalue weighted by Crippen LogP contribution is 2.42. The number of carbonyl (C=O) groups excluding carboxylic acids is 2. The number of aromatic nitrogens is 1. The number of pyridine rings is 1. The van der Waals surface area contributed by atoms with Crippen molar-refractivity contribution < 1.29 is 19.4 Å². The van der Waals surface area contributed by atoms with Gasteiger partial charge in [-0.2, -0.15) is 0 Å². The second-order valence-corrected chi connectivity index (χ2v) is 10.9. The van der Waals surface area contributed by atoms with Crippen molar-refractivity contribution in [2.75, 3.05) is 24.6 Å². The van der Waals surface area contributed by atoms with Gasteiger partial charge in [0, 0.05) is 48.8 Å². The normalized spacial score (nSPS) is 16.9. The lowest BCUT2D eigenvalue weighted by Crippen LogP contribution is -2.29. The topological polar surface area (TPSA) is 83.0 Å². The fourth-order valence-corrected chi connectivity index (χ4v) is 5.23. The molecule has 0 bridgehead atoms. The molecule has 2 heterocycles. The standard InChI is InChI=1S/C33H39N3O4/c1-7-35(8-2)25-13-10-23(11-14-25)29-28(31(38)32(39)36(29)21-22-16-18-34-19-17-22)30(37)24-12-15-27(40-9-3)26(20-24)33(4,5)6/h10-20,29,37H,7-9,21H2,1-6H3/b30-28-. The number of rotatable bonds is 9. The largest absolute Gasteiger partial charge is 0.507 e. The number of ketones is 1. The first kappa shape index (κ1) is 28.9. The Morgan fingerprint density at radius 3 is 2.20 bits per heavy atom. The first-order valence-corrected chi connectivity index (χ1v) is 13.9. The lowest BCUT2D eigenvalue weighted by molar-refractivity contribution is -0.140. The highest BCUT2D eigenvalue weighted by molar-refractivity contribution is 6.46. The first-order chi connectivity index (χ1) is 19.1. The molecular weight excluding hydrogens is 502 g/mol. The molecule has 40 heavy (non-hydrogen) atoms. The highest BCUT2D eigenvalue weighted by Gasteiger charge is 2.46. The maximum absolute atomic E-state index is 13.6. The van der Waals surface area contributed by atoms with Crippen molar-refractivity contribution in [3.05, 3.63) is 94.8 Å². The van der Waals surface area contributed by atoms with Crippen LogP contribution in [-0.2, 0) is 21.5 Å². The van der Waals surface area contributed by atoms with Crippen LogP contribution in [0.1, 0.15) is 69.8 Å². The first-order valence-electron chi connectivity index (χ1n) is 13.9. The third kappa shape index (κ3) is 5.74. The van der Waals surface area contributed by atoms with E-state index in [1.807, 2.05) is 55.5 Å². The number of anilines is 1. The van der Waals surface area contributed by atoms with Crippen LogP contribution in [0.2, 0.25) is 0 Å². The molecule has 2 aromatic carbocycles. The molecule has 0 spiro atoms. The number of amides is 1. The second-order valence-electron chi connectivity index (χ2n) is 10.9. The number of nitrogens with zero attached hydrogens (tertiary/aromatic N) is 3. The van der Waals surface area contributed by atoms with E-state index in [1.165, 1.54) is 4.90 Å². The molecule has 0 saturated carbocycles. The van der Waals surface area contributed by atoms with Gasteiger partial charge >= 0.3 is 0 Å². The molecule has 1 atom stereocenters. The molecule has 1 aliphatic heterocycles. The zero-order valence-electron chi connectivity index (χ0n) is 24.3. The Hall–Kier alpha value is -4.13. The molecule has 1 aliphatic rings. The summed E-state index contributed by atoms with van der Waals surface area (Å²) in [7, 11) is 0. The van der Waals surface area contributed by atoms with Crippen LogP contribution in [-0.4, -0.2) is 46.4 Å². The molecule has 1 amide bonds. The predicted molar refractivity (Wildman–Crippen MR) is 158 cm³/mol. The summed E-state index contributed by atoms with van der Waals surface area (Å²) in [4.78, 5) is 34.9. The van der Waals surface area contributed by atoms with Crippen LogP contribution in [0.4, 0.5) is 5.69 Å². The minimum atomic E-state index is -0.747. The van der Waals surface area contributed by atoms with Crippen molar-refractivity contribution in [2.24, 2.45) is 0 Å². The number of hydrogen-bond donors (Lipinski definition) is 1. The van der Waals surface area contributed by atoms with E-state index in [0.29, 0.717) is 12.2 Å². The van der Waals surface area contributed by atoms with Gasteiger partial charge in [-0.1, -0.05) is 32.9 Å². The van der Waals surface area contributed by atoms with Gasteiger partial charge in [-0.25, -0.2) is 0 Å². The number of carbonyl (C=O) groups is 2. The Morgan fingerprint density at radius 2 is 1.62 bits per heavy atom. The van der Waals surface area contributed by atoms with Gasteiger partial charge < -0.3 is 19.6 Å². The summed E-state index contributed by atoms with van der Waals surface area (Å²) < 4.78 is 5.85. The second kappa shape index (κ2) is 11.9. The Bertz CT molecular complexity index is 1390. The van der Waals surface area contributed by atoms with Crippen LogP contribution in [0, 0.1) is 0 Å². The van der Waals surface area contributed by atoms with Gasteiger partial charge in [0.05, 0.1) is 18.2 Å². The van der Waals surface area contributed by atoms with Crippen molar-refractivity contribution in [3.63, 3.8) is 0 Å². The summed E-state index contributed by atoms with van der Waals surface area (Å²) in [6.45, 7) is 14.8. The van der Waals surface area contributed by atoms with Gasteiger partial charge in [-0.15, -0.1) is 0 Å². The number of Topliss-reactive ketones (excluding diaryl/α,β-unsaturated/α-hetero) is 1. The maximum atomic E-state index is 13.6. The van der Waals surface area contributed by atoms with E-state index >= 15 is 0 Å². The maximum Gasteiger partial charge on any atom is 0.295 e.